The van der Waals surface area contributed by atoms with Gasteiger partial charge in [0.25, 0.3) is 0 Å². The Morgan fingerprint density at radius 3 is 2.35 bits per heavy atom. The fourth-order valence-electron chi connectivity index (χ4n) is 2.53. The van der Waals surface area contributed by atoms with Crippen molar-refractivity contribution in [2.24, 2.45) is 4.99 Å². The molecule has 0 atom stereocenters. The minimum atomic E-state index is 0. The molecule has 0 spiro atoms. The van der Waals surface area contributed by atoms with Gasteiger partial charge in [0, 0.05) is 20.1 Å². The number of hydrogen-bond acceptors (Lipinski definition) is 3. The summed E-state index contributed by atoms with van der Waals surface area (Å²) >= 11 is 0. The number of hydrogen-bond donors (Lipinski definition) is 2. The second kappa shape index (κ2) is 10.5. The molecule has 0 radical (unpaired) electrons. The quantitative estimate of drug-likeness (QED) is 0.336. The van der Waals surface area contributed by atoms with Crippen LogP contribution in [0.15, 0.2) is 72.2 Å². The summed E-state index contributed by atoms with van der Waals surface area (Å²) < 4.78 is 1.81. The van der Waals surface area contributed by atoms with E-state index in [9.17, 15) is 0 Å². The molecule has 0 aliphatic heterocycles. The predicted octanol–water partition coefficient (Wildman–Crippen LogP) is 2.81. The summed E-state index contributed by atoms with van der Waals surface area (Å²) in [6.07, 6.45) is 3.27. The zero-order chi connectivity index (χ0) is 17.3. The van der Waals surface area contributed by atoms with Gasteiger partial charge in [-0.2, -0.15) is 5.10 Å². The van der Waals surface area contributed by atoms with Crippen LogP contribution in [0.25, 0.3) is 0 Å². The number of aliphatic imine (C=N–C) groups is 1. The van der Waals surface area contributed by atoms with Crippen LogP contribution < -0.4 is 10.6 Å². The molecule has 0 aliphatic rings. The van der Waals surface area contributed by atoms with Gasteiger partial charge in [0.2, 0.25) is 0 Å². The van der Waals surface area contributed by atoms with E-state index < -0.39 is 0 Å². The van der Waals surface area contributed by atoms with Gasteiger partial charge in [0.1, 0.15) is 12.7 Å². The molecule has 2 aromatic carbocycles. The van der Waals surface area contributed by atoms with Gasteiger partial charge in [-0.05, 0) is 16.7 Å². The third kappa shape index (κ3) is 6.14. The summed E-state index contributed by atoms with van der Waals surface area (Å²) in [6.45, 7) is 2.17. The second-order valence-corrected chi connectivity index (χ2v) is 5.68. The summed E-state index contributed by atoms with van der Waals surface area (Å²) in [5.74, 6) is 0.783. The van der Waals surface area contributed by atoms with Crippen LogP contribution in [0.2, 0.25) is 0 Å². The predicted molar refractivity (Wildman–Crippen MR) is 114 cm³/mol. The lowest BCUT2D eigenvalue weighted by atomic mass is 10.1. The molecule has 0 fully saturated rings. The molecule has 26 heavy (non-hydrogen) atoms. The van der Waals surface area contributed by atoms with Crippen LogP contribution in [0.5, 0.6) is 0 Å². The lowest BCUT2D eigenvalue weighted by Gasteiger charge is -2.12. The average Bonchev–Trinajstić information content (AvgIpc) is 3.16. The number of aromatic nitrogens is 3. The maximum Gasteiger partial charge on any atom is 0.191 e. The van der Waals surface area contributed by atoms with Crippen molar-refractivity contribution in [3.8, 4) is 0 Å². The van der Waals surface area contributed by atoms with Gasteiger partial charge in [-0.1, -0.05) is 54.6 Å². The Morgan fingerprint density at radius 2 is 1.65 bits per heavy atom. The van der Waals surface area contributed by atoms with Crippen molar-refractivity contribution >= 4 is 29.9 Å². The first kappa shape index (κ1) is 19.9. The zero-order valence-electron chi connectivity index (χ0n) is 14.7. The first-order valence-corrected chi connectivity index (χ1v) is 8.22. The van der Waals surface area contributed by atoms with Crippen LogP contribution >= 0.6 is 24.0 Å². The van der Waals surface area contributed by atoms with Crippen LogP contribution in [0, 0.1) is 0 Å². The largest absolute Gasteiger partial charge is 0.352 e. The summed E-state index contributed by atoms with van der Waals surface area (Å²) in [4.78, 5) is 8.25. The smallest absolute Gasteiger partial charge is 0.191 e. The average molecular weight is 462 g/mol. The number of guanidine groups is 1. The third-order valence-electron chi connectivity index (χ3n) is 3.79. The van der Waals surface area contributed by atoms with Crippen LogP contribution in [0.4, 0.5) is 0 Å². The van der Waals surface area contributed by atoms with Crippen LogP contribution in [0.3, 0.4) is 0 Å². The Bertz CT molecular complexity index is 802. The SMILES string of the molecule is CN=C(NCc1ccccc1)NCc1cccc(Cn2cncn2)c1.I. The van der Waals surface area contributed by atoms with Crippen molar-refractivity contribution in [2.45, 2.75) is 19.6 Å². The highest BCUT2D eigenvalue weighted by Gasteiger charge is 2.01. The van der Waals surface area contributed by atoms with E-state index in [1.165, 1.54) is 16.7 Å². The van der Waals surface area contributed by atoms with Crippen molar-refractivity contribution in [2.75, 3.05) is 7.05 Å². The molecule has 2 N–H and O–H groups in total. The maximum atomic E-state index is 4.27. The maximum absolute atomic E-state index is 4.27. The summed E-state index contributed by atoms with van der Waals surface area (Å²) in [5, 5.41) is 10.8. The molecule has 3 aromatic rings. The standard InChI is InChI=1S/C19H22N6.HI/c1-20-19(22-11-16-6-3-2-4-7-16)23-12-17-8-5-9-18(10-17)13-25-15-21-14-24-25;/h2-10,14-15H,11-13H2,1H3,(H2,20,22,23);1H. The normalized spacial score (nSPS) is 10.9. The topological polar surface area (TPSA) is 67.1 Å². The van der Waals surface area contributed by atoms with Crippen molar-refractivity contribution in [3.05, 3.63) is 83.9 Å². The molecule has 0 bridgehead atoms. The Morgan fingerprint density at radius 1 is 0.962 bits per heavy atom. The Kier molecular flexibility index (Phi) is 8.07. The van der Waals surface area contributed by atoms with Gasteiger partial charge in [0.15, 0.2) is 5.96 Å². The van der Waals surface area contributed by atoms with E-state index in [4.69, 9.17) is 0 Å². The van der Waals surface area contributed by atoms with Crippen molar-refractivity contribution in [3.63, 3.8) is 0 Å². The van der Waals surface area contributed by atoms with E-state index in [2.05, 4.69) is 62.1 Å². The molecule has 3 rings (SSSR count). The second-order valence-electron chi connectivity index (χ2n) is 5.68. The number of nitrogens with one attached hydrogen (secondary N) is 2. The lowest BCUT2D eigenvalue weighted by molar-refractivity contribution is 0.683. The lowest BCUT2D eigenvalue weighted by Crippen LogP contribution is -2.36. The van der Waals surface area contributed by atoms with E-state index >= 15 is 0 Å². The highest BCUT2D eigenvalue weighted by Crippen LogP contribution is 2.06. The van der Waals surface area contributed by atoms with Gasteiger partial charge in [-0.25, -0.2) is 9.67 Å². The molecule has 1 aromatic heterocycles. The van der Waals surface area contributed by atoms with Gasteiger partial charge in [0.05, 0.1) is 6.54 Å². The van der Waals surface area contributed by atoms with E-state index in [-0.39, 0.29) is 24.0 Å². The van der Waals surface area contributed by atoms with Gasteiger partial charge >= 0.3 is 0 Å². The van der Waals surface area contributed by atoms with Crippen molar-refractivity contribution in [1.82, 2.24) is 25.4 Å². The summed E-state index contributed by atoms with van der Waals surface area (Å²) in [7, 11) is 1.78. The van der Waals surface area contributed by atoms with E-state index in [0.717, 1.165) is 19.0 Å². The van der Waals surface area contributed by atoms with Crippen LogP contribution in [0.1, 0.15) is 16.7 Å². The van der Waals surface area contributed by atoms with Gasteiger partial charge in [-0.3, -0.25) is 4.99 Å². The highest BCUT2D eigenvalue weighted by molar-refractivity contribution is 14.0. The fourth-order valence-corrected chi connectivity index (χ4v) is 2.53. The highest BCUT2D eigenvalue weighted by atomic mass is 127. The molecule has 6 nitrogen and oxygen atoms in total. The number of nitrogens with zero attached hydrogens (tertiary/aromatic N) is 4. The molecule has 0 amide bonds. The minimum absolute atomic E-state index is 0. The number of benzene rings is 2. The Hall–Kier alpha value is -2.42. The van der Waals surface area contributed by atoms with E-state index in [1.54, 1.807) is 19.7 Å². The molecular weight excluding hydrogens is 439 g/mol. The monoisotopic (exact) mass is 462 g/mol. The van der Waals surface area contributed by atoms with Gasteiger partial charge in [-0.15, -0.1) is 24.0 Å². The summed E-state index contributed by atoms with van der Waals surface area (Å²) in [5.41, 5.74) is 3.61. The van der Waals surface area contributed by atoms with Crippen molar-refractivity contribution < 1.29 is 0 Å². The molecule has 0 saturated carbocycles. The van der Waals surface area contributed by atoms with E-state index in [1.807, 2.05) is 22.9 Å². The van der Waals surface area contributed by atoms with Gasteiger partial charge < -0.3 is 10.6 Å². The first-order chi connectivity index (χ1) is 12.3. The summed E-state index contributed by atoms with van der Waals surface area (Å²) in [6, 6.07) is 18.7. The van der Waals surface area contributed by atoms with E-state index in [0.29, 0.717) is 6.54 Å². The molecule has 0 unspecified atom stereocenters. The Labute approximate surface area is 170 Å². The minimum Gasteiger partial charge on any atom is -0.352 e. The molecule has 0 saturated heterocycles. The van der Waals surface area contributed by atoms with Crippen LogP contribution in [-0.2, 0) is 19.6 Å². The Balaban J connectivity index is 0.00000243. The molecule has 1 heterocycles. The molecule has 7 heteroatoms. The van der Waals surface area contributed by atoms with Crippen molar-refractivity contribution in [1.29, 1.82) is 0 Å². The fraction of sp³-hybridized carbons (Fsp3) is 0.211. The number of halogens is 1. The molecule has 136 valence electrons. The number of rotatable bonds is 6. The molecular formula is C19H23IN6. The third-order valence-corrected chi connectivity index (χ3v) is 3.79. The van der Waals surface area contributed by atoms with Crippen LogP contribution in [-0.4, -0.2) is 27.8 Å². The zero-order valence-corrected chi connectivity index (χ0v) is 17.0. The first-order valence-electron chi connectivity index (χ1n) is 8.22. The molecule has 0 aliphatic carbocycles.